The third kappa shape index (κ3) is 3.59. The van der Waals surface area contributed by atoms with Gasteiger partial charge in [0.1, 0.15) is 12.4 Å². The predicted octanol–water partition coefficient (Wildman–Crippen LogP) is 4.34. The van der Waals surface area contributed by atoms with Crippen molar-refractivity contribution in [2.45, 2.75) is 18.9 Å². The van der Waals surface area contributed by atoms with Crippen LogP contribution >= 0.6 is 15.9 Å². The molecule has 0 saturated carbocycles. The molecule has 0 radical (unpaired) electrons. The van der Waals surface area contributed by atoms with Crippen LogP contribution in [0, 0.1) is 18.3 Å². The molecular weight excluding hydrogens is 302 g/mol. The van der Waals surface area contributed by atoms with E-state index in [-0.39, 0.29) is 0 Å². The van der Waals surface area contributed by atoms with Gasteiger partial charge < -0.3 is 4.74 Å². The summed E-state index contributed by atoms with van der Waals surface area (Å²) in [5.41, 5.74) is 4.10. The van der Waals surface area contributed by atoms with Gasteiger partial charge in [-0.3, -0.25) is 0 Å². The Labute approximate surface area is 121 Å². The normalized spacial score (nSPS) is 9.95. The summed E-state index contributed by atoms with van der Waals surface area (Å²) in [6.07, 6.45) is 0. The molecule has 0 aliphatic carbocycles. The molecule has 0 atom stereocenters. The van der Waals surface area contributed by atoms with Gasteiger partial charge in [-0.2, -0.15) is 5.26 Å². The minimum atomic E-state index is 0.514. The molecule has 96 valence electrons. The van der Waals surface area contributed by atoms with Crippen molar-refractivity contribution in [2.75, 3.05) is 0 Å². The van der Waals surface area contributed by atoms with Crippen molar-refractivity contribution in [3.63, 3.8) is 0 Å². The van der Waals surface area contributed by atoms with E-state index in [1.54, 1.807) is 12.1 Å². The smallest absolute Gasteiger partial charge is 0.122 e. The number of ether oxygens (including phenoxy) is 1. The Morgan fingerprint density at radius 1 is 1.11 bits per heavy atom. The van der Waals surface area contributed by atoms with Crippen LogP contribution in [0.15, 0.2) is 42.5 Å². The van der Waals surface area contributed by atoms with E-state index in [0.717, 1.165) is 22.2 Å². The Kier molecular flexibility index (Phi) is 4.59. The molecule has 0 aliphatic heterocycles. The quantitative estimate of drug-likeness (QED) is 0.786. The van der Waals surface area contributed by atoms with Gasteiger partial charge in [0.2, 0.25) is 0 Å². The van der Waals surface area contributed by atoms with Gasteiger partial charge in [0.15, 0.2) is 0 Å². The zero-order chi connectivity index (χ0) is 13.7. The first-order valence-electron chi connectivity index (χ1n) is 6.00. The van der Waals surface area contributed by atoms with E-state index in [4.69, 9.17) is 10.00 Å². The number of nitrogens with zero attached hydrogens (tertiary/aromatic N) is 1. The maximum atomic E-state index is 8.74. The summed E-state index contributed by atoms with van der Waals surface area (Å²) in [5, 5.41) is 9.59. The third-order valence-corrected chi connectivity index (χ3v) is 3.52. The summed E-state index contributed by atoms with van der Waals surface area (Å²) in [6, 6.07) is 15.7. The second-order valence-corrected chi connectivity index (χ2v) is 4.89. The summed E-state index contributed by atoms with van der Waals surface area (Å²) in [4.78, 5) is 0. The van der Waals surface area contributed by atoms with Crippen LogP contribution in [-0.2, 0) is 11.9 Å². The van der Waals surface area contributed by atoms with Crippen LogP contribution in [0.4, 0.5) is 0 Å². The van der Waals surface area contributed by atoms with Crippen molar-refractivity contribution in [3.05, 3.63) is 64.7 Å². The molecule has 0 aliphatic rings. The molecule has 2 rings (SSSR count). The standard InChI is InChI=1S/C16H14BrNO/c1-12-8-15(9-17)6-7-16(12)19-11-14-4-2-13(10-18)3-5-14/h2-8H,9,11H2,1H3. The molecule has 2 aromatic rings. The van der Waals surface area contributed by atoms with Crippen LogP contribution in [0.5, 0.6) is 5.75 Å². The van der Waals surface area contributed by atoms with E-state index >= 15 is 0 Å². The summed E-state index contributed by atoms with van der Waals surface area (Å²) in [5.74, 6) is 0.897. The molecule has 19 heavy (non-hydrogen) atoms. The van der Waals surface area contributed by atoms with Gasteiger partial charge in [-0.25, -0.2) is 0 Å². The molecule has 0 spiro atoms. The largest absolute Gasteiger partial charge is 0.489 e. The lowest BCUT2D eigenvalue weighted by atomic mass is 10.1. The predicted molar refractivity (Wildman–Crippen MR) is 79.3 cm³/mol. The van der Waals surface area contributed by atoms with E-state index in [2.05, 4.69) is 34.1 Å². The lowest BCUT2D eigenvalue weighted by Crippen LogP contribution is -1.97. The molecule has 0 N–H and O–H groups in total. The van der Waals surface area contributed by atoms with Crippen molar-refractivity contribution in [1.29, 1.82) is 5.26 Å². The zero-order valence-corrected chi connectivity index (χ0v) is 12.3. The molecule has 3 heteroatoms. The average Bonchev–Trinajstić information content (AvgIpc) is 2.46. The van der Waals surface area contributed by atoms with E-state index < -0.39 is 0 Å². The fourth-order valence-corrected chi connectivity index (χ4v) is 2.14. The molecule has 0 aromatic heterocycles. The minimum absolute atomic E-state index is 0.514. The molecular formula is C16H14BrNO. The number of rotatable bonds is 4. The minimum Gasteiger partial charge on any atom is -0.489 e. The summed E-state index contributed by atoms with van der Waals surface area (Å²) in [7, 11) is 0. The van der Waals surface area contributed by atoms with Crippen molar-refractivity contribution in [3.8, 4) is 11.8 Å². The summed E-state index contributed by atoms with van der Waals surface area (Å²) in [6.45, 7) is 2.56. The maximum absolute atomic E-state index is 8.74. The molecule has 2 aromatic carbocycles. The molecule has 0 fully saturated rings. The lowest BCUT2D eigenvalue weighted by molar-refractivity contribution is 0.304. The van der Waals surface area contributed by atoms with E-state index in [9.17, 15) is 0 Å². The SMILES string of the molecule is Cc1cc(CBr)ccc1OCc1ccc(C#N)cc1. The van der Waals surface area contributed by atoms with Crippen molar-refractivity contribution in [1.82, 2.24) is 0 Å². The summed E-state index contributed by atoms with van der Waals surface area (Å²) < 4.78 is 5.80. The number of halogens is 1. The van der Waals surface area contributed by atoms with Gasteiger partial charge in [0, 0.05) is 5.33 Å². The zero-order valence-electron chi connectivity index (χ0n) is 10.7. The highest BCUT2D eigenvalue weighted by Crippen LogP contribution is 2.21. The van der Waals surface area contributed by atoms with Crippen LogP contribution in [0.3, 0.4) is 0 Å². The number of alkyl halides is 1. The Balaban J connectivity index is 2.04. The second kappa shape index (κ2) is 6.40. The van der Waals surface area contributed by atoms with Gasteiger partial charge in [0.05, 0.1) is 11.6 Å². The third-order valence-electron chi connectivity index (χ3n) is 2.87. The van der Waals surface area contributed by atoms with Gasteiger partial charge in [-0.05, 0) is 41.8 Å². The van der Waals surface area contributed by atoms with Crippen molar-refractivity contribution < 1.29 is 4.74 Å². The van der Waals surface area contributed by atoms with Crippen LogP contribution in [0.25, 0.3) is 0 Å². The van der Waals surface area contributed by atoms with Crippen LogP contribution in [-0.4, -0.2) is 0 Å². The lowest BCUT2D eigenvalue weighted by Gasteiger charge is -2.10. The number of nitriles is 1. The first-order chi connectivity index (χ1) is 9.22. The highest BCUT2D eigenvalue weighted by molar-refractivity contribution is 9.08. The van der Waals surface area contributed by atoms with E-state index in [0.29, 0.717) is 12.2 Å². The summed E-state index contributed by atoms with van der Waals surface area (Å²) >= 11 is 3.44. The molecule has 0 saturated heterocycles. The van der Waals surface area contributed by atoms with Gasteiger partial charge >= 0.3 is 0 Å². The average molecular weight is 316 g/mol. The van der Waals surface area contributed by atoms with Crippen molar-refractivity contribution in [2.24, 2.45) is 0 Å². The molecule has 0 heterocycles. The van der Waals surface area contributed by atoms with Gasteiger partial charge in [-0.15, -0.1) is 0 Å². The Bertz CT molecular complexity index is 599. The molecule has 0 amide bonds. The Morgan fingerprint density at radius 2 is 1.79 bits per heavy atom. The Morgan fingerprint density at radius 3 is 2.37 bits per heavy atom. The number of hydrogen-bond donors (Lipinski definition) is 0. The highest BCUT2D eigenvalue weighted by atomic mass is 79.9. The van der Waals surface area contributed by atoms with E-state index in [1.807, 2.05) is 25.1 Å². The second-order valence-electron chi connectivity index (χ2n) is 4.33. The number of hydrogen-bond acceptors (Lipinski definition) is 2. The number of benzene rings is 2. The monoisotopic (exact) mass is 315 g/mol. The highest BCUT2D eigenvalue weighted by Gasteiger charge is 2.02. The van der Waals surface area contributed by atoms with Gasteiger partial charge in [-0.1, -0.05) is 40.2 Å². The van der Waals surface area contributed by atoms with Crippen molar-refractivity contribution >= 4 is 15.9 Å². The molecule has 0 unspecified atom stereocenters. The first-order valence-corrected chi connectivity index (χ1v) is 7.12. The van der Waals surface area contributed by atoms with Gasteiger partial charge in [0.25, 0.3) is 0 Å². The fraction of sp³-hybridized carbons (Fsp3) is 0.188. The fourth-order valence-electron chi connectivity index (χ4n) is 1.79. The van der Waals surface area contributed by atoms with Crippen LogP contribution in [0.1, 0.15) is 22.3 Å². The molecule has 0 bridgehead atoms. The van der Waals surface area contributed by atoms with Crippen LogP contribution in [0.2, 0.25) is 0 Å². The molecule has 2 nitrogen and oxygen atoms in total. The number of aryl methyl sites for hydroxylation is 1. The maximum Gasteiger partial charge on any atom is 0.122 e. The topological polar surface area (TPSA) is 33.0 Å². The first kappa shape index (κ1) is 13.6. The van der Waals surface area contributed by atoms with Crippen LogP contribution < -0.4 is 4.74 Å². The Hall–Kier alpha value is -1.79. The van der Waals surface area contributed by atoms with E-state index in [1.165, 1.54) is 5.56 Å².